The summed E-state index contributed by atoms with van der Waals surface area (Å²) < 4.78 is 13.8. The molecule has 0 N–H and O–H groups in total. The molecule has 0 aliphatic rings. The third-order valence-electron chi connectivity index (χ3n) is 15.8. The van der Waals surface area contributed by atoms with Crippen molar-refractivity contribution in [3.8, 4) is 55.6 Å². The third kappa shape index (κ3) is 5.88. The second-order valence-corrected chi connectivity index (χ2v) is 19.7. The molecule has 0 bridgehead atoms. The molecule has 14 aromatic carbocycles. The average molecular weight is 939 g/mol. The number of benzene rings is 14. The second kappa shape index (κ2) is 15.9. The van der Waals surface area contributed by atoms with Crippen LogP contribution in [0.3, 0.4) is 0 Å². The van der Waals surface area contributed by atoms with Crippen LogP contribution < -0.4 is 0 Å². The fraction of sp³-hybridized carbons (Fsp3) is 0. The standard InChI is InChI=1S/C72H42O2/c1-2-19-44-42-45(41-40-43(44)18-1)66-52-21-3-5-23-54(52)68(55-24-6-4-22-53(55)66)62-36-16-37-63-70-51(33-17-39-65(70)74-72(62)63)48-31-13-30-47-46(48)29-14-32-50(47)67-56-25-7-9-27-58(56)69(59-28-10-8-26-57(59)67)61-35-15-34-60-49-20-11-12-38-64(49)73-71(60)61/h1-42H. The van der Waals surface area contributed by atoms with E-state index in [1.165, 1.54) is 104 Å². The highest BCUT2D eigenvalue weighted by molar-refractivity contribution is 6.28. The van der Waals surface area contributed by atoms with Crippen molar-refractivity contribution in [2.45, 2.75) is 0 Å². The number of para-hydroxylation sites is 3. The molecule has 2 nitrogen and oxygen atoms in total. The van der Waals surface area contributed by atoms with E-state index in [4.69, 9.17) is 8.83 Å². The summed E-state index contributed by atoms with van der Waals surface area (Å²) in [5, 5.41) is 18.9. The fourth-order valence-corrected chi connectivity index (χ4v) is 12.8. The van der Waals surface area contributed by atoms with Crippen LogP contribution in [0.1, 0.15) is 0 Å². The highest BCUT2D eigenvalue weighted by Crippen LogP contribution is 2.51. The Kier molecular flexibility index (Phi) is 8.78. The molecule has 0 saturated carbocycles. The Hall–Kier alpha value is -9.76. The van der Waals surface area contributed by atoms with E-state index in [-0.39, 0.29) is 0 Å². The van der Waals surface area contributed by atoms with Gasteiger partial charge in [0.15, 0.2) is 0 Å². The van der Waals surface area contributed by atoms with Gasteiger partial charge < -0.3 is 8.83 Å². The topological polar surface area (TPSA) is 26.3 Å². The van der Waals surface area contributed by atoms with Crippen LogP contribution in [0.4, 0.5) is 0 Å². The smallest absolute Gasteiger partial charge is 0.143 e. The fourth-order valence-electron chi connectivity index (χ4n) is 12.8. The predicted molar refractivity (Wildman–Crippen MR) is 313 cm³/mol. The Labute approximate surface area is 425 Å². The van der Waals surface area contributed by atoms with Gasteiger partial charge in [-0.1, -0.05) is 237 Å². The number of rotatable bonds is 5. The molecule has 16 rings (SSSR count). The molecule has 0 aliphatic heterocycles. The van der Waals surface area contributed by atoms with Gasteiger partial charge in [-0.2, -0.15) is 0 Å². The zero-order valence-corrected chi connectivity index (χ0v) is 40.1. The largest absolute Gasteiger partial charge is 0.455 e. The minimum absolute atomic E-state index is 0.867. The molecule has 2 heteroatoms. The first kappa shape index (κ1) is 40.9. The van der Waals surface area contributed by atoms with Crippen LogP contribution in [-0.2, 0) is 0 Å². The first-order valence-electron chi connectivity index (χ1n) is 25.5. The van der Waals surface area contributed by atoms with Crippen LogP contribution in [0.15, 0.2) is 264 Å². The molecule has 0 aliphatic carbocycles. The van der Waals surface area contributed by atoms with Gasteiger partial charge in [0.05, 0.1) is 0 Å². The summed E-state index contributed by atoms with van der Waals surface area (Å²) >= 11 is 0. The molecule has 342 valence electrons. The molecule has 0 amide bonds. The molecular weight excluding hydrogens is 897 g/mol. The molecule has 0 unspecified atom stereocenters. The summed E-state index contributed by atoms with van der Waals surface area (Å²) in [7, 11) is 0. The molecule has 0 radical (unpaired) electrons. The summed E-state index contributed by atoms with van der Waals surface area (Å²) in [6.07, 6.45) is 0. The maximum Gasteiger partial charge on any atom is 0.143 e. The van der Waals surface area contributed by atoms with Crippen molar-refractivity contribution in [1.82, 2.24) is 0 Å². The molecule has 0 spiro atoms. The maximum absolute atomic E-state index is 7.15. The van der Waals surface area contributed by atoms with Gasteiger partial charge in [0, 0.05) is 43.8 Å². The number of hydrogen-bond donors (Lipinski definition) is 0. The molecule has 2 aromatic heterocycles. The van der Waals surface area contributed by atoms with Crippen LogP contribution in [-0.4, -0.2) is 0 Å². The lowest BCUT2D eigenvalue weighted by Crippen LogP contribution is -1.92. The predicted octanol–water partition coefficient (Wildman–Crippen LogP) is 20.7. The minimum atomic E-state index is 0.867. The lowest BCUT2D eigenvalue weighted by Gasteiger charge is -2.19. The van der Waals surface area contributed by atoms with Gasteiger partial charge in [-0.15, -0.1) is 0 Å². The van der Waals surface area contributed by atoms with Gasteiger partial charge >= 0.3 is 0 Å². The van der Waals surface area contributed by atoms with E-state index in [0.29, 0.717) is 0 Å². The van der Waals surface area contributed by atoms with Crippen molar-refractivity contribution in [2.24, 2.45) is 0 Å². The summed E-state index contributed by atoms with van der Waals surface area (Å²) in [6, 6.07) is 92.9. The Balaban J connectivity index is 0.903. The van der Waals surface area contributed by atoms with E-state index in [1.807, 2.05) is 6.07 Å². The van der Waals surface area contributed by atoms with Crippen molar-refractivity contribution >= 4 is 109 Å². The van der Waals surface area contributed by atoms with Crippen LogP contribution in [0.5, 0.6) is 0 Å². The maximum atomic E-state index is 7.15. The Morgan fingerprint density at radius 2 is 0.581 bits per heavy atom. The highest BCUT2D eigenvalue weighted by atomic mass is 16.3. The lowest BCUT2D eigenvalue weighted by atomic mass is 9.83. The van der Waals surface area contributed by atoms with Gasteiger partial charge in [0.2, 0.25) is 0 Å². The van der Waals surface area contributed by atoms with E-state index < -0.39 is 0 Å². The molecule has 16 aromatic rings. The summed E-state index contributed by atoms with van der Waals surface area (Å²) in [6.45, 7) is 0. The normalized spacial score (nSPS) is 12.1. The van der Waals surface area contributed by atoms with Gasteiger partial charge in [-0.3, -0.25) is 0 Å². The number of hydrogen-bond acceptors (Lipinski definition) is 2. The number of fused-ring (bicyclic) bond motifs is 12. The lowest BCUT2D eigenvalue weighted by molar-refractivity contribution is 0.670. The first-order chi connectivity index (χ1) is 36.7. The zero-order chi connectivity index (χ0) is 48.4. The van der Waals surface area contributed by atoms with Crippen molar-refractivity contribution in [3.63, 3.8) is 0 Å². The average Bonchev–Trinajstić information content (AvgIpc) is 4.05. The van der Waals surface area contributed by atoms with Crippen LogP contribution in [0.25, 0.3) is 164 Å². The van der Waals surface area contributed by atoms with E-state index in [1.54, 1.807) is 0 Å². The van der Waals surface area contributed by atoms with Crippen molar-refractivity contribution in [3.05, 3.63) is 255 Å². The van der Waals surface area contributed by atoms with Gasteiger partial charge in [0.1, 0.15) is 22.3 Å². The van der Waals surface area contributed by atoms with E-state index in [0.717, 1.165) is 60.6 Å². The highest BCUT2D eigenvalue weighted by Gasteiger charge is 2.24. The SMILES string of the molecule is c1ccc2cc(-c3c4ccccc4c(-c4cccc5c4oc4cccc(-c6cccc7c(-c8c9ccccc9c(-c9cccc%10c9oc9ccccc9%10)c9ccccc89)cccc67)c45)c4ccccc34)ccc2c1. The zero-order valence-electron chi connectivity index (χ0n) is 40.1. The minimum Gasteiger partial charge on any atom is -0.455 e. The van der Waals surface area contributed by atoms with Crippen LogP contribution >= 0.6 is 0 Å². The summed E-state index contributed by atoms with van der Waals surface area (Å²) in [5.74, 6) is 0. The Bertz CT molecular complexity index is 4910. The Morgan fingerprint density at radius 1 is 0.203 bits per heavy atom. The van der Waals surface area contributed by atoms with Crippen molar-refractivity contribution < 1.29 is 8.83 Å². The van der Waals surface area contributed by atoms with E-state index in [2.05, 4.69) is 249 Å². The number of furan rings is 2. The van der Waals surface area contributed by atoms with Crippen molar-refractivity contribution in [2.75, 3.05) is 0 Å². The molecule has 2 heterocycles. The van der Waals surface area contributed by atoms with Crippen LogP contribution in [0, 0.1) is 0 Å². The third-order valence-corrected chi connectivity index (χ3v) is 15.8. The van der Waals surface area contributed by atoms with E-state index in [9.17, 15) is 0 Å². The molecule has 74 heavy (non-hydrogen) atoms. The molecule has 0 atom stereocenters. The Morgan fingerprint density at radius 3 is 1.19 bits per heavy atom. The monoisotopic (exact) mass is 938 g/mol. The first-order valence-corrected chi connectivity index (χ1v) is 25.5. The van der Waals surface area contributed by atoms with E-state index >= 15 is 0 Å². The summed E-state index contributed by atoms with van der Waals surface area (Å²) in [5.41, 5.74) is 15.3. The second-order valence-electron chi connectivity index (χ2n) is 19.7. The van der Waals surface area contributed by atoms with Gasteiger partial charge in [-0.05, 0) is 116 Å². The van der Waals surface area contributed by atoms with Crippen LogP contribution in [0.2, 0.25) is 0 Å². The quantitative estimate of drug-likeness (QED) is 0.161. The molecular formula is C72H42O2. The molecule has 0 fully saturated rings. The summed E-state index contributed by atoms with van der Waals surface area (Å²) in [4.78, 5) is 0. The van der Waals surface area contributed by atoms with Crippen molar-refractivity contribution in [1.29, 1.82) is 0 Å². The van der Waals surface area contributed by atoms with Gasteiger partial charge in [-0.25, -0.2) is 0 Å². The molecule has 0 saturated heterocycles. The van der Waals surface area contributed by atoms with Gasteiger partial charge in [0.25, 0.3) is 0 Å².